The lowest BCUT2D eigenvalue weighted by Gasteiger charge is -2.13. The maximum absolute atomic E-state index is 11.9. The number of benzene rings is 1. The summed E-state index contributed by atoms with van der Waals surface area (Å²) < 4.78 is 5.28. The molecule has 0 fully saturated rings. The van der Waals surface area contributed by atoms with E-state index in [1.807, 2.05) is 39.8 Å². The van der Waals surface area contributed by atoms with Crippen molar-refractivity contribution in [2.45, 2.75) is 27.7 Å². The van der Waals surface area contributed by atoms with Gasteiger partial charge in [-0.1, -0.05) is 19.9 Å². The molecule has 0 atom stereocenters. The molecule has 1 aromatic carbocycles. The number of ether oxygens (including phenoxy) is 1. The minimum Gasteiger partial charge on any atom is -0.496 e. The Labute approximate surface area is 91.3 Å². The Kier molecular flexibility index (Phi) is 3.51. The van der Waals surface area contributed by atoms with Gasteiger partial charge in [-0.3, -0.25) is 4.79 Å². The lowest BCUT2D eigenvalue weighted by molar-refractivity contribution is 0.0936. The molecule has 1 aromatic rings. The largest absolute Gasteiger partial charge is 0.496 e. The number of hydrogen-bond donors (Lipinski definition) is 0. The molecule has 2 heteroatoms. The van der Waals surface area contributed by atoms with Crippen molar-refractivity contribution in [1.29, 1.82) is 0 Å². The van der Waals surface area contributed by atoms with Gasteiger partial charge in [0.25, 0.3) is 0 Å². The second kappa shape index (κ2) is 4.47. The van der Waals surface area contributed by atoms with Gasteiger partial charge >= 0.3 is 0 Å². The van der Waals surface area contributed by atoms with Crippen LogP contribution in [0.2, 0.25) is 0 Å². The highest BCUT2D eigenvalue weighted by molar-refractivity contribution is 6.00. The number of carbonyl (C=O) groups excluding carboxylic acids is 1. The van der Waals surface area contributed by atoms with Gasteiger partial charge in [-0.25, -0.2) is 0 Å². The Bertz CT molecular complexity index is 378. The first-order valence-corrected chi connectivity index (χ1v) is 5.16. The van der Waals surface area contributed by atoms with Crippen LogP contribution in [0, 0.1) is 19.8 Å². The minimum atomic E-state index is 0.0000926. The minimum absolute atomic E-state index is 0.0000926. The van der Waals surface area contributed by atoms with E-state index in [-0.39, 0.29) is 11.7 Å². The summed E-state index contributed by atoms with van der Waals surface area (Å²) in [6.45, 7) is 7.76. The predicted octanol–water partition coefficient (Wildman–Crippen LogP) is 3.15. The van der Waals surface area contributed by atoms with Crippen LogP contribution < -0.4 is 4.74 Å². The predicted molar refractivity (Wildman–Crippen MR) is 61.6 cm³/mol. The Morgan fingerprint density at radius 3 is 2.33 bits per heavy atom. The summed E-state index contributed by atoms with van der Waals surface area (Å²) in [5.74, 6) is 0.845. The fourth-order valence-corrected chi connectivity index (χ4v) is 1.72. The van der Waals surface area contributed by atoms with E-state index in [1.54, 1.807) is 7.11 Å². The summed E-state index contributed by atoms with van der Waals surface area (Å²) in [4.78, 5) is 11.9. The van der Waals surface area contributed by atoms with Gasteiger partial charge < -0.3 is 4.74 Å². The lowest BCUT2D eigenvalue weighted by Crippen LogP contribution is -2.10. The molecular weight excluding hydrogens is 188 g/mol. The van der Waals surface area contributed by atoms with E-state index in [2.05, 4.69) is 0 Å². The highest BCUT2D eigenvalue weighted by Gasteiger charge is 2.17. The molecule has 0 bridgehead atoms. The molecule has 0 spiro atoms. The molecule has 82 valence electrons. The summed E-state index contributed by atoms with van der Waals surface area (Å²) in [7, 11) is 1.61. The van der Waals surface area contributed by atoms with E-state index in [0.29, 0.717) is 11.3 Å². The molecular formula is C13H18O2. The Balaban J connectivity index is 3.32. The fraction of sp³-hybridized carbons (Fsp3) is 0.462. The first-order chi connectivity index (χ1) is 6.97. The number of carbonyl (C=O) groups is 1. The quantitative estimate of drug-likeness (QED) is 0.710. The molecule has 15 heavy (non-hydrogen) atoms. The van der Waals surface area contributed by atoms with Crippen molar-refractivity contribution in [3.63, 3.8) is 0 Å². The Morgan fingerprint density at radius 1 is 1.27 bits per heavy atom. The van der Waals surface area contributed by atoms with Crippen LogP contribution in [0.5, 0.6) is 5.75 Å². The number of hydrogen-bond acceptors (Lipinski definition) is 2. The van der Waals surface area contributed by atoms with Crippen LogP contribution in [0.4, 0.5) is 0 Å². The van der Waals surface area contributed by atoms with Crippen LogP contribution in [0.1, 0.15) is 35.3 Å². The van der Waals surface area contributed by atoms with Crippen LogP contribution in [0.3, 0.4) is 0 Å². The smallest absolute Gasteiger partial charge is 0.169 e. The van der Waals surface area contributed by atoms with Gasteiger partial charge in [0.15, 0.2) is 5.78 Å². The molecule has 0 saturated carbocycles. The van der Waals surface area contributed by atoms with Gasteiger partial charge in [0.1, 0.15) is 5.75 Å². The normalized spacial score (nSPS) is 10.5. The number of aryl methyl sites for hydroxylation is 2. The highest BCUT2D eigenvalue weighted by Crippen LogP contribution is 2.27. The van der Waals surface area contributed by atoms with E-state index in [0.717, 1.165) is 11.1 Å². The summed E-state index contributed by atoms with van der Waals surface area (Å²) >= 11 is 0. The van der Waals surface area contributed by atoms with Gasteiger partial charge in [-0.15, -0.1) is 0 Å². The number of methoxy groups -OCH3 is 1. The molecule has 2 nitrogen and oxygen atoms in total. The molecule has 1 rings (SSSR count). The third-order valence-electron chi connectivity index (χ3n) is 2.41. The molecule has 0 saturated heterocycles. The van der Waals surface area contributed by atoms with Crippen molar-refractivity contribution in [2.24, 2.45) is 5.92 Å². The van der Waals surface area contributed by atoms with Crippen LogP contribution in [-0.4, -0.2) is 12.9 Å². The summed E-state index contributed by atoms with van der Waals surface area (Å²) in [5, 5.41) is 0. The number of Topliss-reactive ketones (excluding diaryl/α,β-unsaturated/α-hetero) is 1. The van der Waals surface area contributed by atoms with Gasteiger partial charge in [0.2, 0.25) is 0 Å². The molecule has 0 aliphatic heterocycles. The van der Waals surface area contributed by atoms with E-state index >= 15 is 0 Å². The van der Waals surface area contributed by atoms with Crippen molar-refractivity contribution in [3.8, 4) is 5.75 Å². The summed E-state index contributed by atoms with van der Waals surface area (Å²) in [5.41, 5.74) is 2.81. The van der Waals surface area contributed by atoms with E-state index in [9.17, 15) is 4.79 Å². The SMILES string of the molecule is COc1c(C)cc(C)cc1C(=O)C(C)C. The average molecular weight is 206 g/mol. The van der Waals surface area contributed by atoms with E-state index < -0.39 is 0 Å². The van der Waals surface area contributed by atoms with Crippen molar-refractivity contribution in [3.05, 3.63) is 28.8 Å². The summed E-state index contributed by atoms with van der Waals surface area (Å²) in [6.07, 6.45) is 0. The fourth-order valence-electron chi connectivity index (χ4n) is 1.72. The Morgan fingerprint density at radius 2 is 1.87 bits per heavy atom. The van der Waals surface area contributed by atoms with Crippen LogP contribution in [0.25, 0.3) is 0 Å². The zero-order valence-electron chi connectivity index (χ0n) is 10.0. The molecule has 0 aromatic heterocycles. The topological polar surface area (TPSA) is 26.3 Å². The van der Waals surface area contributed by atoms with Crippen molar-refractivity contribution >= 4 is 5.78 Å². The molecule has 0 aliphatic rings. The average Bonchev–Trinajstić information content (AvgIpc) is 2.15. The monoisotopic (exact) mass is 206 g/mol. The summed E-state index contributed by atoms with van der Waals surface area (Å²) in [6, 6.07) is 3.92. The third kappa shape index (κ3) is 2.38. The van der Waals surface area contributed by atoms with Gasteiger partial charge in [-0.05, 0) is 31.0 Å². The van der Waals surface area contributed by atoms with Crippen molar-refractivity contribution in [1.82, 2.24) is 0 Å². The second-order valence-electron chi connectivity index (χ2n) is 4.18. The molecule has 0 radical (unpaired) electrons. The standard InChI is InChI=1S/C13H18O2/c1-8(2)12(14)11-7-9(3)6-10(4)13(11)15-5/h6-8H,1-5H3. The maximum Gasteiger partial charge on any atom is 0.169 e. The van der Waals surface area contributed by atoms with Gasteiger partial charge in [0, 0.05) is 5.92 Å². The zero-order valence-corrected chi connectivity index (χ0v) is 10.0. The van der Waals surface area contributed by atoms with Gasteiger partial charge in [-0.2, -0.15) is 0 Å². The van der Waals surface area contributed by atoms with E-state index in [4.69, 9.17) is 4.74 Å². The molecule has 0 unspecified atom stereocenters. The first-order valence-electron chi connectivity index (χ1n) is 5.16. The van der Waals surface area contributed by atoms with E-state index in [1.165, 1.54) is 0 Å². The molecule has 0 amide bonds. The second-order valence-corrected chi connectivity index (χ2v) is 4.18. The van der Waals surface area contributed by atoms with Crippen molar-refractivity contribution < 1.29 is 9.53 Å². The zero-order chi connectivity index (χ0) is 11.6. The first kappa shape index (κ1) is 11.8. The lowest BCUT2D eigenvalue weighted by atomic mass is 9.96. The Hall–Kier alpha value is -1.31. The number of rotatable bonds is 3. The van der Waals surface area contributed by atoms with Crippen LogP contribution >= 0.6 is 0 Å². The van der Waals surface area contributed by atoms with Gasteiger partial charge in [0.05, 0.1) is 12.7 Å². The third-order valence-corrected chi connectivity index (χ3v) is 2.41. The molecule has 0 aliphatic carbocycles. The molecule has 0 heterocycles. The van der Waals surface area contributed by atoms with Crippen LogP contribution in [0.15, 0.2) is 12.1 Å². The highest BCUT2D eigenvalue weighted by atomic mass is 16.5. The number of ketones is 1. The molecule has 0 N–H and O–H groups in total. The van der Waals surface area contributed by atoms with Crippen LogP contribution in [-0.2, 0) is 0 Å². The maximum atomic E-state index is 11.9. The van der Waals surface area contributed by atoms with Crippen molar-refractivity contribution in [2.75, 3.05) is 7.11 Å².